The van der Waals surface area contributed by atoms with Crippen molar-refractivity contribution in [1.82, 2.24) is 4.98 Å². The van der Waals surface area contributed by atoms with Crippen LogP contribution in [0.4, 0.5) is 0 Å². The predicted molar refractivity (Wildman–Crippen MR) is 38.7 cm³/mol. The summed E-state index contributed by atoms with van der Waals surface area (Å²) in [4.78, 5) is 25.0. The van der Waals surface area contributed by atoms with Gasteiger partial charge in [0.15, 0.2) is 11.6 Å². The Labute approximate surface area is 63.4 Å². The van der Waals surface area contributed by atoms with Gasteiger partial charge in [0.25, 0.3) is 0 Å². The predicted octanol–water partition coefficient (Wildman–Crippen LogP) is 1.17. The minimum atomic E-state index is 0.0459. The molecule has 1 heterocycles. The third kappa shape index (κ3) is 0.808. The number of nitrogens with one attached hydrogen (secondary N) is 1. The van der Waals surface area contributed by atoms with E-state index in [1.165, 1.54) is 0 Å². The first-order valence-electron chi connectivity index (χ1n) is 3.53. The zero-order chi connectivity index (χ0) is 7.84. The Morgan fingerprint density at radius 3 is 2.64 bits per heavy atom. The third-order valence-corrected chi connectivity index (χ3v) is 1.91. The molecule has 0 unspecified atom stereocenters. The zero-order valence-corrected chi connectivity index (χ0v) is 5.89. The molecular formula is C8H7NO2. The molecule has 1 aliphatic rings. The van der Waals surface area contributed by atoms with Gasteiger partial charge in [-0.2, -0.15) is 0 Å². The molecule has 3 heteroatoms. The number of hydrogen-bond donors (Lipinski definition) is 1. The first-order valence-corrected chi connectivity index (χ1v) is 3.53. The van der Waals surface area contributed by atoms with Crippen molar-refractivity contribution in [3.8, 4) is 0 Å². The molecule has 0 saturated heterocycles. The lowest BCUT2D eigenvalue weighted by atomic mass is 9.96. The second-order valence-corrected chi connectivity index (χ2v) is 2.61. The van der Waals surface area contributed by atoms with E-state index in [9.17, 15) is 9.59 Å². The molecule has 0 bridgehead atoms. The van der Waals surface area contributed by atoms with E-state index in [-0.39, 0.29) is 11.6 Å². The van der Waals surface area contributed by atoms with Crippen molar-refractivity contribution in [2.24, 2.45) is 0 Å². The Morgan fingerprint density at radius 2 is 1.91 bits per heavy atom. The van der Waals surface area contributed by atoms with Gasteiger partial charge in [-0.25, -0.2) is 0 Å². The Hall–Kier alpha value is -1.38. The lowest BCUT2D eigenvalue weighted by molar-refractivity contribution is 0.0888. The smallest absolute Gasteiger partial charge is 0.180 e. The normalized spacial score (nSPS) is 16.7. The lowest BCUT2D eigenvalue weighted by Crippen LogP contribution is -2.15. The third-order valence-electron chi connectivity index (χ3n) is 1.91. The van der Waals surface area contributed by atoms with Crippen molar-refractivity contribution in [3.63, 3.8) is 0 Å². The van der Waals surface area contributed by atoms with Gasteiger partial charge in [-0.1, -0.05) is 0 Å². The van der Waals surface area contributed by atoms with E-state index in [0.717, 1.165) is 0 Å². The lowest BCUT2D eigenvalue weighted by Gasteiger charge is -2.07. The minimum Gasteiger partial charge on any atom is -0.358 e. The summed E-state index contributed by atoms with van der Waals surface area (Å²) in [5.41, 5.74) is 1.04. The van der Waals surface area contributed by atoms with Crippen LogP contribution in [0, 0.1) is 0 Å². The van der Waals surface area contributed by atoms with E-state index in [1.807, 2.05) is 0 Å². The van der Waals surface area contributed by atoms with Gasteiger partial charge in [-0.05, 0) is 6.07 Å². The molecule has 0 atom stereocenters. The molecule has 0 amide bonds. The molecule has 56 valence electrons. The molecule has 0 aromatic carbocycles. The van der Waals surface area contributed by atoms with Crippen LogP contribution in [0.1, 0.15) is 33.7 Å². The van der Waals surface area contributed by atoms with Crippen LogP contribution in [-0.4, -0.2) is 16.6 Å². The summed E-state index contributed by atoms with van der Waals surface area (Å²) in [6.45, 7) is 0. The van der Waals surface area contributed by atoms with Crippen LogP contribution in [0.15, 0.2) is 12.3 Å². The van der Waals surface area contributed by atoms with E-state index in [4.69, 9.17) is 0 Å². The van der Waals surface area contributed by atoms with Crippen LogP contribution in [-0.2, 0) is 0 Å². The van der Waals surface area contributed by atoms with E-state index in [1.54, 1.807) is 12.3 Å². The Balaban J connectivity index is 2.59. The Bertz CT molecular complexity index is 294. The number of carbonyl (C=O) groups is 2. The number of aromatic nitrogens is 1. The van der Waals surface area contributed by atoms with E-state index in [0.29, 0.717) is 24.1 Å². The quantitative estimate of drug-likeness (QED) is 0.602. The molecule has 11 heavy (non-hydrogen) atoms. The highest BCUT2D eigenvalue weighted by molar-refractivity contribution is 6.12. The fourth-order valence-corrected chi connectivity index (χ4v) is 1.32. The fourth-order valence-electron chi connectivity index (χ4n) is 1.32. The van der Waals surface area contributed by atoms with Gasteiger partial charge in [0, 0.05) is 24.6 Å². The topological polar surface area (TPSA) is 49.9 Å². The Morgan fingerprint density at radius 1 is 1.18 bits per heavy atom. The van der Waals surface area contributed by atoms with Crippen LogP contribution in [0.3, 0.4) is 0 Å². The van der Waals surface area contributed by atoms with Crippen LogP contribution >= 0.6 is 0 Å². The number of rotatable bonds is 0. The average Bonchev–Trinajstić information content (AvgIpc) is 2.45. The van der Waals surface area contributed by atoms with Crippen molar-refractivity contribution < 1.29 is 9.59 Å². The van der Waals surface area contributed by atoms with Crippen molar-refractivity contribution >= 4 is 11.6 Å². The molecule has 1 aliphatic carbocycles. The van der Waals surface area contributed by atoms with Crippen molar-refractivity contribution in [2.45, 2.75) is 12.8 Å². The number of H-pyrrole nitrogens is 1. The monoisotopic (exact) mass is 149 g/mol. The first kappa shape index (κ1) is 6.34. The van der Waals surface area contributed by atoms with Gasteiger partial charge in [-0.3, -0.25) is 9.59 Å². The van der Waals surface area contributed by atoms with Crippen molar-refractivity contribution in [1.29, 1.82) is 0 Å². The number of ketones is 2. The van der Waals surface area contributed by atoms with Crippen LogP contribution in [0.25, 0.3) is 0 Å². The summed E-state index contributed by atoms with van der Waals surface area (Å²) >= 11 is 0. The number of fused-ring (bicyclic) bond motifs is 1. The molecule has 2 rings (SSSR count). The van der Waals surface area contributed by atoms with Crippen LogP contribution in [0.2, 0.25) is 0 Å². The van der Waals surface area contributed by atoms with Gasteiger partial charge in [0.1, 0.15) is 0 Å². The number of carbonyl (C=O) groups excluding carboxylic acids is 2. The summed E-state index contributed by atoms with van der Waals surface area (Å²) < 4.78 is 0. The largest absolute Gasteiger partial charge is 0.358 e. The average molecular weight is 149 g/mol. The molecule has 0 aliphatic heterocycles. The van der Waals surface area contributed by atoms with Crippen LogP contribution < -0.4 is 0 Å². The van der Waals surface area contributed by atoms with Crippen molar-refractivity contribution in [2.75, 3.05) is 0 Å². The maximum Gasteiger partial charge on any atom is 0.180 e. The van der Waals surface area contributed by atoms with Gasteiger partial charge < -0.3 is 4.98 Å². The van der Waals surface area contributed by atoms with Gasteiger partial charge in [-0.15, -0.1) is 0 Å². The summed E-state index contributed by atoms with van der Waals surface area (Å²) in [6.07, 6.45) is 2.35. The molecule has 0 radical (unpaired) electrons. The second kappa shape index (κ2) is 2.05. The van der Waals surface area contributed by atoms with Gasteiger partial charge in [0.05, 0.1) is 5.69 Å². The van der Waals surface area contributed by atoms with Gasteiger partial charge in [0.2, 0.25) is 0 Å². The van der Waals surface area contributed by atoms with E-state index >= 15 is 0 Å². The summed E-state index contributed by atoms with van der Waals surface area (Å²) in [5.74, 6) is 0.116. The summed E-state index contributed by atoms with van der Waals surface area (Å²) in [7, 11) is 0. The van der Waals surface area contributed by atoms with E-state index in [2.05, 4.69) is 4.98 Å². The first-order chi connectivity index (χ1) is 5.29. The molecular weight excluding hydrogens is 142 g/mol. The zero-order valence-electron chi connectivity index (χ0n) is 5.89. The SMILES string of the molecule is O=C1CCC(=O)c2[nH]ccc21. The molecule has 1 N–H and O–H groups in total. The standard InChI is InChI=1S/C8H7NO2/c10-6-1-2-7(11)8-5(6)3-4-9-8/h3-4,9H,1-2H2. The van der Waals surface area contributed by atoms with Crippen molar-refractivity contribution in [3.05, 3.63) is 23.5 Å². The highest BCUT2D eigenvalue weighted by atomic mass is 16.1. The number of aromatic amines is 1. The molecule has 0 fully saturated rings. The summed E-state index contributed by atoms with van der Waals surface area (Å²) in [5, 5.41) is 0. The number of hydrogen-bond acceptors (Lipinski definition) is 2. The fraction of sp³-hybridized carbons (Fsp3) is 0.250. The van der Waals surface area contributed by atoms with Gasteiger partial charge >= 0.3 is 0 Å². The maximum atomic E-state index is 11.1. The molecule has 0 saturated carbocycles. The van der Waals surface area contributed by atoms with E-state index < -0.39 is 0 Å². The molecule has 1 aromatic rings. The highest BCUT2D eigenvalue weighted by Gasteiger charge is 2.23. The van der Waals surface area contributed by atoms with Crippen LogP contribution in [0.5, 0.6) is 0 Å². The maximum absolute atomic E-state index is 11.1. The molecule has 3 nitrogen and oxygen atoms in total. The second-order valence-electron chi connectivity index (χ2n) is 2.61. The minimum absolute atomic E-state index is 0.0459. The molecule has 1 aromatic heterocycles. The highest BCUT2D eigenvalue weighted by Crippen LogP contribution is 2.18. The molecule has 0 spiro atoms. The Kier molecular flexibility index (Phi) is 1.18. The number of Topliss-reactive ketones (excluding diaryl/α,β-unsaturated/α-hetero) is 2. The summed E-state index contributed by atoms with van der Waals surface area (Å²) in [6, 6.07) is 1.66.